The van der Waals surface area contributed by atoms with E-state index >= 15 is 0 Å². The molecule has 0 saturated heterocycles. The lowest BCUT2D eigenvalue weighted by molar-refractivity contribution is 0.102. The van der Waals surface area contributed by atoms with Crippen molar-refractivity contribution in [2.45, 2.75) is 11.4 Å². The second-order valence-corrected chi connectivity index (χ2v) is 10.0. The highest BCUT2D eigenvalue weighted by molar-refractivity contribution is 7.89. The molecule has 0 bridgehead atoms. The van der Waals surface area contributed by atoms with Crippen molar-refractivity contribution in [1.82, 2.24) is 9.29 Å². The molecule has 1 heterocycles. The second kappa shape index (κ2) is 9.44. The molecule has 6 nitrogen and oxygen atoms in total. The minimum absolute atomic E-state index is 0.132. The monoisotopic (exact) mass is 463 g/mol. The first-order chi connectivity index (χ1) is 15.4. The molecule has 4 aromatic rings. The fourth-order valence-corrected chi connectivity index (χ4v) is 5.00. The number of benzene rings is 3. The number of carbonyl (C=O) groups is 1. The lowest BCUT2D eigenvalue weighted by Crippen LogP contribution is -2.26. The molecule has 1 N–H and O–H groups in total. The molecule has 162 valence electrons. The number of nitrogens with zero attached hydrogens (tertiary/aromatic N) is 2. The Morgan fingerprint density at radius 1 is 0.938 bits per heavy atom. The number of carbonyl (C=O) groups excluding carboxylic acids is 1. The van der Waals surface area contributed by atoms with Gasteiger partial charge >= 0.3 is 0 Å². The van der Waals surface area contributed by atoms with Crippen LogP contribution in [-0.2, 0) is 16.6 Å². The molecule has 0 saturated carbocycles. The third kappa shape index (κ3) is 4.94. The summed E-state index contributed by atoms with van der Waals surface area (Å²) in [6, 6.07) is 25.0. The minimum atomic E-state index is -3.67. The van der Waals surface area contributed by atoms with Crippen LogP contribution in [0.15, 0.2) is 95.2 Å². The van der Waals surface area contributed by atoms with E-state index in [1.165, 1.54) is 47.0 Å². The van der Waals surface area contributed by atoms with E-state index in [9.17, 15) is 13.2 Å². The van der Waals surface area contributed by atoms with Crippen molar-refractivity contribution in [1.29, 1.82) is 0 Å². The molecular weight excluding hydrogens is 442 g/mol. The SMILES string of the molecule is CN(Cc1ccccc1)S(=O)(=O)c1ccc(C(=O)Nc2nc(-c3ccccc3)cs2)cc1. The van der Waals surface area contributed by atoms with Crippen molar-refractivity contribution in [3.63, 3.8) is 0 Å². The lowest BCUT2D eigenvalue weighted by Gasteiger charge is -2.17. The number of aromatic nitrogens is 1. The van der Waals surface area contributed by atoms with Crippen molar-refractivity contribution < 1.29 is 13.2 Å². The molecule has 0 aliphatic carbocycles. The Bertz CT molecular complexity index is 1300. The van der Waals surface area contributed by atoms with Crippen LogP contribution in [0.1, 0.15) is 15.9 Å². The van der Waals surface area contributed by atoms with Crippen molar-refractivity contribution >= 4 is 32.4 Å². The third-order valence-electron chi connectivity index (χ3n) is 4.87. The van der Waals surface area contributed by atoms with Gasteiger partial charge in [-0.15, -0.1) is 11.3 Å². The number of anilines is 1. The molecular formula is C24H21N3O3S2. The molecule has 3 aromatic carbocycles. The Morgan fingerprint density at radius 3 is 2.22 bits per heavy atom. The van der Waals surface area contributed by atoms with Gasteiger partial charge in [-0.1, -0.05) is 60.7 Å². The van der Waals surface area contributed by atoms with E-state index < -0.39 is 10.0 Å². The third-order valence-corrected chi connectivity index (χ3v) is 7.44. The first kappa shape index (κ1) is 21.9. The first-order valence-electron chi connectivity index (χ1n) is 9.86. The molecule has 1 aromatic heterocycles. The van der Waals surface area contributed by atoms with E-state index in [1.807, 2.05) is 66.0 Å². The van der Waals surface area contributed by atoms with Crippen LogP contribution in [0.25, 0.3) is 11.3 Å². The number of rotatable bonds is 7. The maximum atomic E-state index is 12.9. The van der Waals surface area contributed by atoms with Gasteiger partial charge in [-0.3, -0.25) is 10.1 Å². The van der Waals surface area contributed by atoms with Gasteiger partial charge in [0, 0.05) is 30.1 Å². The molecule has 0 atom stereocenters. The summed E-state index contributed by atoms with van der Waals surface area (Å²) < 4.78 is 27.0. The highest BCUT2D eigenvalue weighted by Crippen LogP contribution is 2.25. The Hall–Kier alpha value is -3.33. The van der Waals surface area contributed by atoms with Gasteiger partial charge in [0.2, 0.25) is 10.0 Å². The van der Waals surface area contributed by atoms with Gasteiger partial charge in [-0.25, -0.2) is 13.4 Å². The zero-order valence-electron chi connectivity index (χ0n) is 17.3. The maximum absolute atomic E-state index is 12.9. The minimum Gasteiger partial charge on any atom is -0.298 e. The van der Waals surface area contributed by atoms with Crippen molar-refractivity contribution in [3.05, 3.63) is 101 Å². The van der Waals surface area contributed by atoms with Gasteiger partial charge < -0.3 is 0 Å². The van der Waals surface area contributed by atoms with Crippen LogP contribution < -0.4 is 5.32 Å². The first-order valence-corrected chi connectivity index (χ1v) is 12.2. The number of hydrogen-bond acceptors (Lipinski definition) is 5. The summed E-state index contributed by atoms with van der Waals surface area (Å²) in [5.74, 6) is -0.347. The molecule has 4 rings (SSSR count). The van der Waals surface area contributed by atoms with E-state index in [1.54, 1.807) is 0 Å². The van der Waals surface area contributed by atoms with Crippen LogP contribution in [0.4, 0.5) is 5.13 Å². The quantitative estimate of drug-likeness (QED) is 0.424. The average molecular weight is 464 g/mol. The van der Waals surface area contributed by atoms with Gasteiger partial charge in [0.05, 0.1) is 10.6 Å². The number of amides is 1. The summed E-state index contributed by atoms with van der Waals surface area (Å²) in [7, 11) is -2.14. The van der Waals surface area contributed by atoms with E-state index in [2.05, 4.69) is 10.3 Å². The largest absolute Gasteiger partial charge is 0.298 e. The molecule has 0 unspecified atom stereocenters. The molecule has 32 heavy (non-hydrogen) atoms. The van der Waals surface area contributed by atoms with Crippen molar-refractivity contribution in [2.75, 3.05) is 12.4 Å². The highest BCUT2D eigenvalue weighted by atomic mass is 32.2. The molecule has 0 radical (unpaired) electrons. The second-order valence-electron chi connectivity index (χ2n) is 7.13. The topological polar surface area (TPSA) is 79.4 Å². The van der Waals surface area contributed by atoms with Crippen LogP contribution in [0.3, 0.4) is 0 Å². The van der Waals surface area contributed by atoms with E-state index in [-0.39, 0.29) is 17.3 Å². The predicted octanol–water partition coefficient (Wildman–Crippen LogP) is 4.88. The highest BCUT2D eigenvalue weighted by Gasteiger charge is 2.21. The van der Waals surface area contributed by atoms with Crippen LogP contribution in [0.5, 0.6) is 0 Å². The van der Waals surface area contributed by atoms with E-state index in [0.29, 0.717) is 10.7 Å². The number of thiazole rings is 1. The van der Waals surface area contributed by atoms with Crippen LogP contribution >= 0.6 is 11.3 Å². The summed E-state index contributed by atoms with van der Waals surface area (Å²) in [4.78, 5) is 17.2. The normalized spacial score (nSPS) is 11.4. The molecule has 1 amide bonds. The molecule has 0 spiro atoms. The van der Waals surface area contributed by atoms with Crippen LogP contribution in [0.2, 0.25) is 0 Å². The van der Waals surface area contributed by atoms with E-state index in [4.69, 9.17) is 0 Å². The van der Waals surface area contributed by atoms with Crippen molar-refractivity contribution in [3.8, 4) is 11.3 Å². The average Bonchev–Trinajstić information content (AvgIpc) is 3.29. The summed E-state index contributed by atoms with van der Waals surface area (Å²) in [5, 5.41) is 5.13. The van der Waals surface area contributed by atoms with Gasteiger partial charge in [0.1, 0.15) is 0 Å². The lowest BCUT2D eigenvalue weighted by atomic mass is 10.2. The zero-order chi connectivity index (χ0) is 22.6. The number of sulfonamides is 1. The van der Waals surface area contributed by atoms with Gasteiger partial charge in [0.15, 0.2) is 5.13 Å². The number of nitrogens with one attached hydrogen (secondary N) is 1. The zero-order valence-corrected chi connectivity index (χ0v) is 18.9. The summed E-state index contributed by atoms with van der Waals surface area (Å²) in [5.41, 5.74) is 3.01. The molecule has 0 fully saturated rings. The van der Waals surface area contributed by atoms with Crippen LogP contribution in [-0.4, -0.2) is 30.7 Å². The molecule has 0 aliphatic rings. The Kier molecular flexibility index (Phi) is 6.45. The summed E-state index contributed by atoms with van der Waals surface area (Å²) >= 11 is 1.33. The molecule has 0 aliphatic heterocycles. The Morgan fingerprint density at radius 2 is 1.56 bits per heavy atom. The van der Waals surface area contributed by atoms with Crippen molar-refractivity contribution in [2.24, 2.45) is 0 Å². The Balaban J connectivity index is 1.44. The molecule has 8 heteroatoms. The van der Waals surface area contributed by atoms with Gasteiger partial charge in [-0.2, -0.15) is 4.31 Å². The predicted molar refractivity (Wildman–Crippen MR) is 127 cm³/mol. The maximum Gasteiger partial charge on any atom is 0.257 e. The standard InChI is InChI=1S/C24H21N3O3S2/c1-27(16-18-8-4-2-5-9-18)32(29,30)21-14-12-20(13-15-21)23(28)26-24-25-22(17-31-24)19-10-6-3-7-11-19/h2-15,17H,16H2,1H3,(H,25,26,28). The Labute approximate surface area is 191 Å². The van der Waals surface area contributed by atoms with Gasteiger partial charge in [0.25, 0.3) is 5.91 Å². The van der Waals surface area contributed by atoms with E-state index in [0.717, 1.165) is 16.8 Å². The summed E-state index contributed by atoms with van der Waals surface area (Å²) in [6.07, 6.45) is 0. The fourth-order valence-electron chi connectivity index (χ4n) is 3.13. The summed E-state index contributed by atoms with van der Waals surface area (Å²) in [6.45, 7) is 0.263. The fraction of sp³-hybridized carbons (Fsp3) is 0.0833. The van der Waals surface area contributed by atoms with Gasteiger partial charge in [-0.05, 0) is 29.8 Å². The smallest absolute Gasteiger partial charge is 0.257 e. The number of hydrogen-bond donors (Lipinski definition) is 1. The van der Waals surface area contributed by atoms with Crippen LogP contribution in [0, 0.1) is 0 Å².